The van der Waals surface area contributed by atoms with Gasteiger partial charge in [-0.2, -0.15) is 0 Å². The van der Waals surface area contributed by atoms with E-state index in [-0.39, 0.29) is 5.60 Å². The van der Waals surface area contributed by atoms with Gasteiger partial charge in [-0.15, -0.1) is 0 Å². The molecule has 2 saturated carbocycles. The predicted molar refractivity (Wildman–Crippen MR) is 67.3 cm³/mol. The zero-order valence-electron chi connectivity index (χ0n) is 10.9. The van der Waals surface area contributed by atoms with E-state index < -0.39 is 0 Å². The van der Waals surface area contributed by atoms with Gasteiger partial charge in [-0.1, -0.05) is 26.7 Å². The summed E-state index contributed by atoms with van der Waals surface area (Å²) in [5, 5.41) is 0. The van der Waals surface area contributed by atoms with Gasteiger partial charge in [-0.3, -0.25) is 0 Å². The van der Waals surface area contributed by atoms with Crippen LogP contribution in [0.3, 0.4) is 0 Å². The van der Waals surface area contributed by atoms with Crippen LogP contribution in [0.1, 0.15) is 52.4 Å². The summed E-state index contributed by atoms with van der Waals surface area (Å²) in [7, 11) is 0. The molecule has 0 aromatic carbocycles. The van der Waals surface area contributed by atoms with Crippen molar-refractivity contribution < 1.29 is 4.74 Å². The number of hydrogen-bond donors (Lipinski definition) is 1. The Morgan fingerprint density at radius 2 is 1.88 bits per heavy atom. The molecule has 2 rings (SSSR count). The SMILES string of the molecule is CC(C)CC1(OCCN)C[C@@H]2CC[C@@H](C2)C1. The van der Waals surface area contributed by atoms with Crippen LogP contribution in [-0.2, 0) is 4.74 Å². The molecule has 16 heavy (non-hydrogen) atoms. The van der Waals surface area contributed by atoms with Crippen LogP contribution in [0.4, 0.5) is 0 Å². The van der Waals surface area contributed by atoms with Crippen LogP contribution in [0.2, 0.25) is 0 Å². The Morgan fingerprint density at radius 3 is 2.38 bits per heavy atom. The van der Waals surface area contributed by atoms with E-state index in [1.807, 2.05) is 0 Å². The van der Waals surface area contributed by atoms with E-state index >= 15 is 0 Å². The van der Waals surface area contributed by atoms with Crippen LogP contribution in [0.25, 0.3) is 0 Å². The van der Waals surface area contributed by atoms with Crippen molar-refractivity contribution >= 4 is 0 Å². The summed E-state index contributed by atoms with van der Waals surface area (Å²) in [6.07, 6.45) is 8.15. The minimum Gasteiger partial charge on any atom is -0.374 e. The van der Waals surface area contributed by atoms with Gasteiger partial charge < -0.3 is 10.5 Å². The fourth-order valence-electron chi connectivity index (χ4n) is 4.05. The van der Waals surface area contributed by atoms with E-state index in [2.05, 4.69) is 13.8 Å². The third-order valence-electron chi connectivity index (χ3n) is 4.28. The van der Waals surface area contributed by atoms with Crippen molar-refractivity contribution in [1.82, 2.24) is 0 Å². The molecule has 0 saturated heterocycles. The summed E-state index contributed by atoms with van der Waals surface area (Å²) in [6, 6.07) is 0. The van der Waals surface area contributed by atoms with Crippen molar-refractivity contribution in [3.05, 3.63) is 0 Å². The highest BCUT2D eigenvalue weighted by Crippen LogP contribution is 2.50. The highest BCUT2D eigenvalue weighted by Gasteiger charge is 2.44. The third kappa shape index (κ3) is 2.78. The second-order valence-corrected chi connectivity index (χ2v) is 6.37. The molecule has 2 aliphatic rings. The van der Waals surface area contributed by atoms with Gasteiger partial charge in [-0.25, -0.2) is 0 Å². The van der Waals surface area contributed by atoms with Crippen LogP contribution in [0.15, 0.2) is 0 Å². The number of nitrogens with two attached hydrogens (primary N) is 1. The lowest BCUT2D eigenvalue weighted by Crippen LogP contribution is -2.41. The second-order valence-electron chi connectivity index (χ2n) is 6.37. The van der Waals surface area contributed by atoms with E-state index in [1.165, 1.54) is 38.5 Å². The summed E-state index contributed by atoms with van der Waals surface area (Å²) in [4.78, 5) is 0. The molecule has 3 atom stereocenters. The van der Waals surface area contributed by atoms with Gasteiger partial charge in [0.1, 0.15) is 0 Å². The predicted octanol–water partition coefficient (Wildman–Crippen LogP) is 2.96. The second kappa shape index (κ2) is 5.05. The fourth-order valence-corrected chi connectivity index (χ4v) is 4.05. The lowest BCUT2D eigenvalue weighted by Gasteiger charge is -2.42. The highest BCUT2D eigenvalue weighted by molar-refractivity contribution is 4.96. The molecular weight excluding hydrogens is 198 g/mol. The molecule has 2 heteroatoms. The van der Waals surface area contributed by atoms with Crippen molar-refractivity contribution in [2.45, 2.75) is 58.0 Å². The lowest BCUT2D eigenvalue weighted by molar-refractivity contribution is -0.0952. The molecule has 0 aromatic rings. The molecule has 0 spiro atoms. The van der Waals surface area contributed by atoms with E-state index in [1.54, 1.807) is 0 Å². The van der Waals surface area contributed by atoms with Gasteiger partial charge >= 0.3 is 0 Å². The summed E-state index contributed by atoms with van der Waals surface area (Å²) < 4.78 is 6.19. The van der Waals surface area contributed by atoms with Gasteiger partial charge in [0.2, 0.25) is 0 Å². The Labute approximate surface area is 99.9 Å². The normalized spacial score (nSPS) is 38.2. The molecule has 0 radical (unpaired) electrons. The maximum absolute atomic E-state index is 6.19. The third-order valence-corrected chi connectivity index (χ3v) is 4.28. The molecular formula is C14H27NO. The Morgan fingerprint density at radius 1 is 1.25 bits per heavy atom. The zero-order valence-corrected chi connectivity index (χ0v) is 10.9. The van der Waals surface area contributed by atoms with Crippen molar-refractivity contribution in [1.29, 1.82) is 0 Å². The first-order valence-corrected chi connectivity index (χ1v) is 6.97. The molecule has 2 fully saturated rings. The molecule has 2 N–H and O–H groups in total. The maximum Gasteiger partial charge on any atom is 0.0691 e. The first-order valence-electron chi connectivity index (χ1n) is 6.97. The molecule has 0 aromatic heterocycles. The number of ether oxygens (including phenoxy) is 1. The van der Waals surface area contributed by atoms with Gasteiger partial charge in [0.25, 0.3) is 0 Å². The number of hydrogen-bond acceptors (Lipinski definition) is 2. The summed E-state index contributed by atoms with van der Waals surface area (Å²) in [6.45, 7) is 6.02. The van der Waals surface area contributed by atoms with Gasteiger partial charge in [0.15, 0.2) is 0 Å². The van der Waals surface area contributed by atoms with E-state index in [9.17, 15) is 0 Å². The summed E-state index contributed by atoms with van der Waals surface area (Å²) in [5.74, 6) is 2.61. The average molecular weight is 225 g/mol. The quantitative estimate of drug-likeness (QED) is 0.780. The van der Waals surface area contributed by atoms with Gasteiger partial charge in [0.05, 0.1) is 12.2 Å². The molecule has 2 aliphatic carbocycles. The first kappa shape index (κ1) is 12.4. The van der Waals surface area contributed by atoms with E-state index in [0.29, 0.717) is 6.54 Å². The number of rotatable bonds is 5. The van der Waals surface area contributed by atoms with E-state index in [0.717, 1.165) is 24.4 Å². The first-order chi connectivity index (χ1) is 7.63. The topological polar surface area (TPSA) is 35.2 Å². The van der Waals surface area contributed by atoms with Crippen LogP contribution < -0.4 is 5.73 Å². The van der Waals surface area contributed by atoms with Crippen molar-refractivity contribution in [3.63, 3.8) is 0 Å². The molecule has 0 heterocycles. The Kier molecular flexibility index (Phi) is 3.91. The summed E-state index contributed by atoms with van der Waals surface area (Å²) >= 11 is 0. The molecule has 94 valence electrons. The van der Waals surface area contributed by atoms with Crippen LogP contribution in [0.5, 0.6) is 0 Å². The molecule has 0 amide bonds. The minimum atomic E-state index is 0.178. The Hall–Kier alpha value is -0.0800. The van der Waals surface area contributed by atoms with Crippen LogP contribution in [0, 0.1) is 17.8 Å². The summed E-state index contributed by atoms with van der Waals surface area (Å²) in [5.41, 5.74) is 5.77. The highest BCUT2D eigenvalue weighted by atomic mass is 16.5. The van der Waals surface area contributed by atoms with Crippen molar-refractivity contribution in [2.24, 2.45) is 23.5 Å². The molecule has 2 bridgehead atoms. The van der Waals surface area contributed by atoms with Crippen molar-refractivity contribution in [2.75, 3.05) is 13.2 Å². The van der Waals surface area contributed by atoms with E-state index in [4.69, 9.17) is 10.5 Å². The Balaban J connectivity index is 2.02. The molecule has 0 aliphatic heterocycles. The smallest absolute Gasteiger partial charge is 0.0691 e. The minimum absolute atomic E-state index is 0.178. The Bertz CT molecular complexity index is 215. The zero-order chi connectivity index (χ0) is 11.6. The molecule has 2 nitrogen and oxygen atoms in total. The molecule has 1 unspecified atom stereocenters. The maximum atomic E-state index is 6.19. The monoisotopic (exact) mass is 225 g/mol. The van der Waals surface area contributed by atoms with Crippen LogP contribution >= 0.6 is 0 Å². The van der Waals surface area contributed by atoms with Crippen LogP contribution in [-0.4, -0.2) is 18.8 Å². The number of fused-ring (bicyclic) bond motifs is 2. The van der Waals surface area contributed by atoms with Gasteiger partial charge in [-0.05, 0) is 43.4 Å². The standard InChI is InChI=1S/C14H27NO/c1-11(2)8-14(16-6-5-15)9-12-3-4-13(7-12)10-14/h11-13H,3-10,15H2,1-2H3/t12-,13+,14?. The lowest BCUT2D eigenvalue weighted by atomic mass is 9.73. The van der Waals surface area contributed by atoms with Crippen molar-refractivity contribution in [3.8, 4) is 0 Å². The van der Waals surface area contributed by atoms with Gasteiger partial charge in [0, 0.05) is 6.54 Å². The largest absolute Gasteiger partial charge is 0.374 e. The fraction of sp³-hybridized carbons (Fsp3) is 1.00. The average Bonchev–Trinajstić information content (AvgIpc) is 2.55.